The number of aromatic nitrogens is 1. The van der Waals surface area contributed by atoms with Gasteiger partial charge in [0, 0.05) is 40.4 Å². The van der Waals surface area contributed by atoms with Crippen LogP contribution in [0.4, 0.5) is 17.1 Å². The Morgan fingerprint density at radius 2 is 1.00 bits per heavy atom. The van der Waals surface area contributed by atoms with Crippen molar-refractivity contribution in [2.24, 2.45) is 7.05 Å². The van der Waals surface area contributed by atoms with Gasteiger partial charge in [-0.2, -0.15) is 0 Å². The maximum atomic E-state index is 2.35. The van der Waals surface area contributed by atoms with Crippen molar-refractivity contribution >= 4 is 49.6 Å². The lowest BCUT2D eigenvalue weighted by molar-refractivity contribution is 1.01. The summed E-state index contributed by atoms with van der Waals surface area (Å²) in [4.78, 5) is 2.35. The van der Waals surface area contributed by atoms with Crippen molar-refractivity contribution in [3.05, 3.63) is 140 Å². The summed E-state index contributed by atoms with van der Waals surface area (Å²) in [6.07, 6.45) is 0. The smallest absolute Gasteiger partial charge is 0.0509 e. The van der Waals surface area contributed by atoms with Gasteiger partial charge in [-0.1, -0.05) is 105 Å². The number of hydrogen-bond donors (Lipinski definition) is 0. The van der Waals surface area contributed by atoms with Gasteiger partial charge >= 0.3 is 0 Å². The monoisotopic (exact) mass is 504 g/mol. The molecule has 0 saturated carbocycles. The van der Waals surface area contributed by atoms with Gasteiger partial charge in [0.05, 0.1) is 5.52 Å². The van der Waals surface area contributed by atoms with Crippen LogP contribution in [0.3, 0.4) is 0 Å². The van der Waals surface area contributed by atoms with Gasteiger partial charge in [0.1, 0.15) is 0 Å². The van der Waals surface area contributed by atoms with E-state index in [4.69, 9.17) is 0 Å². The third-order valence-corrected chi connectivity index (χ3v) is 7.34. The highest BCUT2D eigenvalue weighted by atomic mass is 15.1. The van der Waals surface area contributed by atoms with E-state index in [0.717, 1.165) is 17.1 Å². The van der Waals surface area contributed by atoms with Crippen LogP contribution in [0.2, 0.25) is 0 Å². The molecule has 1 heterocycles. The minimum Gasteiger partial charge on any atom is -0.344 e. The van der Waals surface area contributed by atoms with E-state index in [1.54, 1.807) is 0 Å². The molecule has 7 rings (SSSR count). The van der Waals surface area contributed by atoms with E-state index in [2.05, 4.69) is 156 Å². The van der Waals surface area contributed by atoms with Crippen LogP contribution >= 0.6 is 0 Å². The Balaban J connectivity index is 0.00000135. The molecule has 2 nitrogen and oxygen atoms in total. The van der Waals surface area contributed by atoms with Crippen LogP contribution in [-0.2, 0) is 7.05 Å². The topological polar surface area (TPSA) is 8.17 Å². The second-order valence-electron chi connectivity index (χ2n) is 9.56. The summed E-state index contributed by atoms with van der Waals surface area (Å²) >= 11 is 0. The minimum atomic E-state index is 1.14. The zero-order valence-electron chi connectivity index (χ0n) is 22.7. The Morgan fingerprint density at radius 1 is 0.436 bits per heavy atom. The van der Waals surface area contributed by atoms with Crippen molar-refractivity contribution in [1.29, 1.82) is 0 Å². The molecule has 0 fully saturated rings. The van der Waals surface area contributed by atoms with Crippen LogP contribution in [0.5, 0.6) is 0 Å². The number of para-hydroxylation sites is 1. The van der Waals surface area contributed by atoms with Crippen LogP contribution in [0.1, 0.15) is 13.8 Å². The van der Waals surface area contributed by atoms with Crippen LogP contribution in [0.25, 0.3) is 43.7 Å². The first-order valence-electron chi connectivity index (χ1n) is 13.7. The highest BCUT2D eigenvalue weighted by molar-refractivity contribution is 6.13. The van der Waals surface area contributed by atoms with Crippen LogP contribution in [-0.4, -0.2) is 4.57 Å². The molecule has 0 aliphatic carbocycles. The molecule has 2 heteroatoms. The molecular weight excluding hydrogens is 472 g/mol. The largest absolute Gasteiger partial charge is 0.344 e. The second kappa shape index (κ2) is 10.5. The fraction of sp³-hybridized carbons (Fsp3) is 0.0811. The van der Waals surface area contributed by atoms with Crippen molar-refractivity contribution in [3.8, 4) is 11.1 Å². The molecule has 0 unspecified atom stereocenters. The molecule has 39 heavy (non-hydrogen) atoms. The molecule has 0 spiro atoms. The normalized spacial score (nSPS) is 10.9. The number of anilines is 3. The Kier molecular flexibility index (Phi) is 6.61. The summed E-state index contributed by atoms with van der Waals surface area (Å²) in [6, 6.07) is 50.1. The lowest BCUT2D eigenvalue weighted by Crippen LogP contribution is -2.10. The SMILES string of the molecule is CC.Cn1c2cc(N(c3ccccc3)c3cccc(-c4ccccc4)c3)ccc2c2cc3ccccc3cc21. The number of rotatable bonds is 4. The molecule has 7 aromatic rings. The van der Waals surface area contributed by atoms with Gasteiger partial charge in [0.15, 0.2) is 0 Å². The lowest BCUT2D eigenvalue weighted by atomic mass is 10.0. The van der Waals surface area contributed by atoms with E-state index < -0.39 is 0 Å². The van der Waals surface area contributed by atoms with E-state index in [0.29, 0.717) is 0 Å². The minimum absolute atomic E-state index is 1.14. The first-order chi connectivity index (χ1) is 19.3. The summed E-state index contributed by atoms with van der Waals surface area (Å²) in [5.41, 5.74) is 8.31. The van der Waals surface area contributed by atoms with Gasteiger partial charge in [0.2, 0.25) is 0 Å². The average molecular weight is 505 g/mol. The van der Waals surface area contributed by atoms with Crippen LogP contribution in [0.15, 0.2) is 140 Å². The third kappa shape index (κ3) is 4.45. The zero-order valence-corrected chi connectivity index (χ0v) is 22.7. The summed E-state index contributed by atoms with van der Waals surface area (Å²) < 4.78 is 2.32. The zero-order chi connectivity index (χ0) is 26.8. The van der Waals surface area contributed by atoms with Crippen molar-refractivity contribution < 1.29 is 0 Å². The predicted molar refractivity (Wildman–Crippen MR) is 169 cm³/mol. The van der Waals surface area contributed by atoms with Crippen molar-refractivity contribution in [2.45, 2.75) is 13.8 Å². The first kappa shape index (κ1) is 24.5. The molecule has 0 bridgehead atoms. The number of benzene rings is 6. The average Bonchev–Trinajstić information content (AvgIpc) is 3.28. The molecular formula is C37H32N2. The maximum absolute atomic E-state index is 2.35. The Bertz CT molecular complexity index is 1880. The highest BCUT2D eigenvalue weighted by Gasteiger charge is 2.16. The van der Waals surface area contributed by atoms with E-state index in [-0.39, 0.29) is 0 Å². The molecule has 0 amide bonds. The molecule has 0 aliphatic rings. The Morgan fingerprint density at radius 3 is 1.74 bits per heavy atom. The van der Waals surface area contributed by atoms with Gasteiger partial charge in [-0.15, -0.1) is 0 Å². The van der Waals surface area contributed by atoms with Gasteiger partial charge in [0.25, 0.3) is 0 Å². The van der Waals surface area contributed by atoms with E-state index in [1.165, 1.54) is 43.7 Å². The van der Waals surface area contributed by atoms with E-state index >= 15 is 0 Å². The summed E-state index contributed by atoms with van der Waals surface area (Å²) in [5.74, 6) is 0. The van der Waals surface area contributed by atoms with Gasteiger partial charge in [-0.05, 0) is 70.4 Å². The fourth-order valence-corrected chi connectivity index (χ4v) is 5.50. The second-order valence-corrected chi connectivity index (χ2v) is 9.56. The predicted octanol–water partition coefficient (Wildman–Crippen LogP) is 10.6. The summed E-state index contributed by atoms with van der Waals surface area (Å²) in [5, 5.41) is 5.11. The molecule has 1 aromatic heterocycles. The number of nitrogens with zero attached hydrogens (tertiary/aromatic N) is 2. The molecule has 0 N–H and O–H groups in total. The van der Waals surface area contributed by atoms with Gasteiger partial charge in [-0.25, -0.2) is 0 Å². The van der Waals surface area contributed by atoms with Crippen molar-refractivity contribution in [1.82, 2.24) is 4.57 Å². The Labute approximate surface area is 230 Å². The summed E-state index contributed by atoms with van der Waals surface area (Å²) in [7, 11) is 2.17. The first-order valence-corrected chi connectivity index (χ1v) is 13.7. The third-order valence-electron chi connectivity index (χ3n) is 7.34. The molecule has 0 saturated heterocycles. The van der Waals surface area contributed by atoms with Crippen molar-refractivity contribution in [3.63, 3.8) is 0 Å². The van der Waals surface area contributed by atoms with E-state index in [1.807, 2.05) is 13.8 Å². The molecule has 6 aromatic carbocycles. The number of aryl methyl sites for hydroxylation is 1. The standard InChI is InChI=1S/C35H26N2.C2H6/c1-36-34-23-28-14-9-8-13-27(28)22-33(34)32-20-19-31(24-35(32)36)37(29-16-6-3-7-17-29)30-18-10-15-26(21-30)25-11-4-2-5-12-25;1-2/h2-24H,1H3;1-2H3. The van der Waals surface area contributed by atoms with Gasteiger partial charge < -0.3 is 9.47 Å². The quantitative estimate of drug-likeness (QED) is 0.231. The molecule has 0 radical (unpaired) electrons. The fourth-order valence-electron chi connectivity index (χ4n) is 5.50. The lowest BCUT2D eigenvalue weighted by Gasteiger charge is -2.26. The molecule has 190 valence electrons. The van der Waals surface area contributed by atoms with Gasteiger partial charge in [-0.3, -0.25) is 0 Å². The molecule has 0 aliphatic heterocycles. The maximum Gasteiger partial charge on any atom is 0.0509 e. The van der Waals surface area contributed by atoms with E-state index in [9.17, 15) is 0 Å². The van der Waals surface area contributed by atoms with Crippen LogP contribution in [0, 0.1) is 0 Å². The number of hydrogen-bond acceptors (Lipinski definition) is 1. The van der Waals surface area contributed by atoms with Crippen LogP contribution < -0.4 is 4.90 Å². The highest BCUT2D eigenvalue weighted by Crippen LogP contribution is 2.39. The number of fused-ring (bicyclic) bond motifs is 4. The summed E-state index contributed by atoms with van der Waals surface area (Å²) in [6.45, 7) is 4.00. The molecule has 0 atom stereocenters. The Hall–Kier alpha value is -4.82. The van der Waals surface area contributed by atoms with Crippen molar-refractivity contribution in [2.75, 3.05) is 4.90 Å².